The van der Waals surface area contributed by atoms with Crippen LogP contribution in [0.1, 0.15) is 25.7 Å². The molecule has 0 bridgehead atoms. The lowest BCUT2D eigenvalue weighted by molar-refractivity contribution is -0.137. The Hall–Kier alpha value is -1.77. The maximum Gasteiger partial charge on any atom is 0.323 e. The molecule has 1 aromatic heterocycles. The number of nitrogens with zero attached hydrogens (tertiary/aromatic N) is 4. The second-order valence-corrected chi connectivity index (χ2v) is 5.22. The number of aliphatic carboxylic acids is 1. The molecule has 1 aromatic rings. The molecule has 1 aliphatic rings. The van der Waals surface area contributed by atoms with Gasteiger partial charge in [-0.15, -0.1) is 0 Å². The molecule has 0 saturated carbocycles. The maximum absolute atomic E-state index is 12.0. The van der Waals surface area contributed by atoms with E-state index in [1.807, 2.05) is 0 Å². The van der Waals surface area contributed by atoms with Crippen molar-refractivity contribution in [3.8, 4) is 0 Å². The number of carboxylic acids is 1. The summed E-state index contributed by atoms with van der Waals surface area (Å²) >= 11 is 1.02. The molecule has 1 atom stereocenters. The van der Waals surface area contributed by atoms with E-state index in [1.54, 1.807) is 4.90 Å². The number of aromatic nitrogens is 3. The smallest absolute Gasteiger partial charge is 0.323 e. The summed E-state index contributed by atoms with van der Waals surface area (Å²) < 4.78 is 3.57. The SMILES string of the molecule is O=C(O)CCC1CCCN(C(=O)Nc2nnns2)C1. The molecule has 9 heteroatoms. The molecule has 8 nitrogen and oxygen atoms in total. The normalized spacial score (nSPS) is 19.2. The van der Waals surface area contributed by atoms with Crippen molar-refractivity contribution in [2.24, 2.45) is 5.92 Å². The highest BCUT2D eigenvalue weighted by Crippen LogP contribution is 2.21. The van der Waals surface area contributed by atoms with E-state index in [0.29, 0.717) is 24.6 Å². The highest BCUT2D eigenvalue weighted by molar-refractivity contribution is 7.09. The van der Waals surface area contributed by atoms with Gasteiger partial charge in [0, 0.05) is 31.0 Å². The highest BCUT2D eigenvalue weighted by atomic mass is 32.1. The van der Waals surface area contributed by atoms with Gasteiger partial charge in [0.25, 0.3) is 0 Å². The first-order valence-electron chi connectivity index (χ1n) is 6.08. The first-order chi connectivity index (χ1) is 9.15. The van der Waals surface area contributed by atoms with Crippen LogP contribution in [0.25, 0.3) is 0 Å². The standard InChI is InChI=1S/C10H15N5O3S/c16-8(17)4-3-7-2-1-5-15(6-7)10(18)11-9-12-13-14-19-9/h7H,1-6H2,(H,16,17)(H,11,12,14,18). The van der Waals surface area contributed by atoms with Crippen molar-refractivity contribution in [1.29, 1.82) is 0 Å². The first-order valence-corrected chi connectivity index (χ1v) is 6.85. The molecule has 2 amide bonds. The number of carboxylic acid groups (broad SMARTS) is 1. The summed E-state index contributed by atoms with van der Waals surface area (Å²) in [5, 5.41) is 18.7. The Labute approximate surface area is 114 Å². The molecule has 0 spiro atoms. The zero-order chi connectivity index (χ0) is 13.7. The summed E-state index contributed by atoms with van der Waals surface area (Å²) in [5.74, 6) is -0.537. The Bertz CT molecular complexity index is 438. The Balaban J connectivity index is 1.82. The zero-order valence-electron chi connectivity index (χ0n) is 10.3. The molecule has 0 radical (unpaired) electrons. The minimum Gasteiger partial charge on any atom is -0.481 e. The van der Waals surface area contributed by atoms with Gasteiger partial charge in [-0.25, -0.2) is 4.79 Å². The number of urea groups is 1. The van der Waals surface area contributed by atoms with Crippen LogP contribution in [0.2, 0.25) is 0 Å². The van der Waals surface area contributed by atoms with Gasteiger partial charge in [0.05, 0.1) is 0 Å². The zero-order valence-corrected chi connectivity index (χ0v) is 11.1. The molecule has 2 N–H and O–H groups in total. The second-order valence-electron chi connectivity index (χ2n) is 4.48. The van der Waals surface area contributed by atoms with E-state index in [0.717, 1.165) is 24.4 Å². The fraction of sp³-hybridized carbons (Fsp3) is 0.700. The van der Waals surface area contributed by atoms with E-state index >= 15 is 0 Å². The Morgan fingerprint density at radius 3 is 3.05 bits per heavy atom. The lowest BCUT2D eigenvalue weighted by Gasteiger charge is -2.32. The molecule has 0 aliphatic carbocycles. The Morgan fingerprint density at radius 1 is 1.53 bits per heavy atom. The van der Waals surface area contributed by atoms with Gasteiger partial charge in [0.1, 0.15) is 0 Å². The summed E-state index contributed by atoms with van der Waals surface area (Å²) in [4.78, 5) is 24.2. The molecule has 19 heavy (non-hydrogen) atoms. The lowest BCUT2D eigenvalue weighted by atomic mass is 9.93. The number of carbonyl (C=O) groups excluding carboxylic acids is 1. The predicted molar refractivity (Wildman–Crippen MR) is 67.9 cm³/mol. The molecule has 0 aromatic carbocycles. The number of likely N-dealkylation sites (tertiary alicyclic amines) is 1. The van der Waals surface area contributed by atoms with Gasteiger partial charge < -0.3 is 10.0 Å². The van der Waals surface area contributed by atoms with Crippen molar-refractivity contribution in [1.82, 2.24) is 19.7 Å². The number of anilines is 1. The maximum atomic E-state index is 12.0. The molecule has 104 valence electrons. The summed E-state index contributed by atoms with van der Waals surface area (Å²) in [6.07, 6.45) is 2.63. The lowest BCUT2D eigenvalue weighted by Crippen LogP contribution is -2.42. The van der Waals surface area contributed by atoms with Crippen molar-refractivity contribution in [3.05, 3.63) is 0 Å². The van der Waals surface area contributed by atoms with E-state index in [9.17, 15) is 9.59 Å². The van der Waals surface area contributed by atoms with Crippen LogP contribution in [-0.2, 0) is 4.79 Å². The summed E-state index contributed by atoms with van der Waals surface area (Å²) in [5.41, 5.74) is 0. The van der Waals surface area contributed by atoms with Crippen LogP contribution in [0.4, 0.5) is 9.93 Å². The highest BCUT2D eigenvalue weighted by Gasteiger charge is 2.24. The minimum atomic E-state index is -0.790. The van der Waals surface area contributed by atoms with E-state index < -0.39 is 5.97 Å². The monoisotopic (exact) mass is 285 g/mol. The third-order valence-corrected chi connectivity index (χ3v) is 3.60. The number of nitrogens with one attached hydrogen (secondary N) is 1. The van der Waals surface area contributed by atoms with Crippen molar-refractivity contribution in [3.63, 3.8) is 0 Å². The molecular formula is C10H15N5O3S. The number of rotatable bonds is 4. The summed E-state index contributed by atoms with van der Waals surface area (Å²) in [6, 6.07) is -0.224. The summed E-state index contributed by atoms with van der Waals surface area (Å²) in [7, 11) is 0. The minimum absolute atomic E-state index is 0.153. The number of hydrogen-bond acceptors (Lipinski definition) is 6. The van der Waals surface area contributed by atoms with Gasteiger partial charge in [0.15, 0.2) is 0 Å². The topological polar surface area (TPSA) is 108 Å². The third kappa shape index (κ3) is 4.12. The van der Waals surface area contributed by atoms with Crippen LogP contribution < -0.4 is 5.32 Å². The average molecular weight is 285 g/mol. The molecule has 1 aliphatic heterocycles. The van der Waals surface area contributed by atoms with E-state index in [2.05, 4.69) is 20.1 Å². The van der Waals surface area contributed by atoms with Crippen molar-refractivity contribution in [2.45, 2.75) is 25.7 Å². The van der Waals surface area contributed by atoms with Crippen molar-refractivity contribution < 1.29 is 14.7 Å². The predicted octanol–water partition coefficient (Wildman–Crippen LogP) is 1.04. The van der Waals surface area contributed by atoms with Crippen LogP contribution in [0.15, 0.2) is 0 Å². The van der Waals surface area contributed by atoms with E-state index in [1.165, 1.54) is 0 Å². The number of carbonyl (C=O) groups is 2. The van der Waals surface area contributed by atoms with Crippen LogP contribution >= 0.6 is 11.5 Å². The van der Waals surface area contributed by atoms with Gasteiger partial charge in [-0.2, -0.15) is 0 Å². The molecule has 1 saturated heterocycles. The fourth-order valence-electron chi connectivity index (χ4n) is 2.17. The molecule has 1 fully saturated rings. The Morgan fingerprint density at radius 2 is 2.37 bits per heavy atom. The number of amides is 2. The van der Waals surface area contributed by atoms with Gasteiger partial charge in [-0.1, -0.05) is 9.59 Å². The Kier molecular flexibility index (Phi) is 4.61. The number of hydrogen-bond donors (Lipinski definition) is 2. The van der Waals surface area contributed by atoms with Crippen molar-refractivity contribution >= 4 is 28.7 Å². The quantitative estimate of drug-likeness (QED) is 0.855. The van der Waals surface area contributed by atoms with E-state index in [-0.39, 0.29) is 18.4 Å². The third-order valence-electron chi connectivity index (χ3n) is 3.09. The first kappa shape index (κ1) is 13.7. The molecular weight excluding hydrogens is 270 g/mol. The molecule has 1 unspecified atom stereocenters. The molecule has 2 rings (SSSR count). The number of piperidine rings is 1. The van der Waals surface area contributed by atoms with Crippen LogP contribution in [0.3, 0.4) is 0 Å². The van der Waals surface area contributed by atoms with Gasteiger partial charge in [0.2, 0.25) is 5.13 Å². The van der Waals surface area contributed by atoms with Crippen LogP contribution in [-0.4, -0.2) is 49.9 Å². The second kappa shape index (κ2) is 6.41. The van der Waals surface area contributed by atoms with E-state index in [4.69, 9.17) is 5.11 Å². The summed E-state index contributed by atoms with van der Waals surface area (Å²) in [6.45, 7) is 1.27. The van der Waals surface area contributed by atoms with Crippen molar-refractivity contribution in [2.75, 3.05) is 18.4 Å². The van der Waals surface area contributed by atoms with Crippen LogP contribution in [0, 0.1) is 5.92 Å². The van der Waals surface area contributed by atoms with Gasteiger partial charge in [-0.3, -0.25) is 10.1 Å². The fourth-order valence-corrected chi connectivity index (χ4v) is 2.52. The largest absolute Gasteiger partial charge is 0.481 e. The van der Waals surface area contributed by atoms with Crippen LogP contribution in [0.5, 0.6) is 0 Å². The molecule has 2 heterocycles. The average Bonchev–Trinajstić information content (AvgIpc) is 2.89. The van der Waals surface area contributed by atoms with Gasteiger partial charge in [-0.05, 0) is 30.4 Å². The van der Waals surface area contributed by atoms with Gasteiger partial charge >= 0.3 is 12.0 Å².